The highest BCUT2D eigenvalue weighted by Crippen LogP contribution is 2.21. The van der Waals surface area contributed by atoms with Gasteiger partial charge in [-0.15, -0.1) is 0 Å². The molecule has 1 heterocycles. The van der Waals surface area contributed by atoms with Gasteiger partial charge < -0.3 is 10.2 Å². The maximum absolute atomic E-state index is 13.8. The SMILES string of the molecule is CCCC(=O)NC[C@H]1CCCN(C(=O)c2cc(Cl)ccc2F)C1. The highest BCUT2D eigenvalue weighted by atomic mass is 35.5. The van der Waals surface area contributed by atoms with Gasteiger partial charge in [0.25, 0.3) is 5.91 Å². The van der Waals surface area contributed by atoms with Crippen molar-refractivity contribution >= 4 is 23.4 Å². The molecule has 1 atom stereocenters. The minimum absolute atomic E-state index is 0.00756. The van der Waals surface area contributed by atoms with E-state index < -0.39 is 5.82 Å². The molecule has 0 saturated carbocycles. The lowest BCUT2D eigenvalue weighted by atomic mass is 9.97. The van der Waals surface area contributed by atoms with Crippen molar-refractivity contribution in [2.24, 2.45) is 5.92 Å². The molecule has 0 radical (unpaired) electrons. The first-order chi connectivity index (χ1) is 11.0. The molecule has 1 N–H and O–H groups in total. The Kier molecular flexibility index (Phi) is 6.39. The van der Waals surface area contributed by atoms with Crippen LogP contribution in [0.2, 0.25) is 5.02 Å². The zero-order valence-corrected chi connectivity index (χ0v) is 14.0. The van der Waals surface area contributed by atoms with Gasteiger partial charge in [0.1, 0.15) is 5.82 Å². The van der Waals surface area contributed by atoms with Crippen molar-refractivity contribution in [1.29, 1.82) is 0 Å². The minimum atomic E-state index is -0.558. The molecule has 23 heavy (non-hydrogen) atoms. The second-order valence-corrected chi connectivity index (χ2v) is 6.37. The van der Waals surface area contributed by atoms with Gasteiger partial charge in [0, 0.05) is 31.1 Å². The summed E-state index contributed by atoms with van der Waals surface area (Å²) >= 11 is 5.86. The number of amides is 2. The smallest absolute Gasteiger partial charge is 0.256 e. The molecule has 0 unspecified atom stereocenters. The average molecular weight is 341 g/mol. The third-order valence-corrected chi connectivity index (χ3v) is 4.27. The number of nitrogens with zero attached hydrogens (tertiary/aromatic N) is 1. The van der Waals surface area contributed by atoms with Crippen LogP contribution in [-0.2, 0) is 4.79 Å². The molecule has 0 aliphatic carbocycles. The Hall–Kier alpha value is -1.62. The normalized spacial score (nSPS) is 17.9. The number of hydrogen-bond acceptors (Lipinski definition) is 2. The molecule has 1 aromatic rings. The monoisotopic (exact) mass is 340 g/mol. The summed E-state index contributed by atoms with van der Waals surface area (Å²) in [6.45, 7) is 3.64. The highest BCUT2D eigenvalue weighted by molar-refractivity contribution is 6.31. The number of nitrogens with one attached hydrogen (secondary N) is 1. The summed E-state index contributed by atoms with van der Waals surface area (Å²) < 4.78 is 13.8. The third-order valence-electron chi connectivity index (χ3n) is 4.03. The summed E-state index contributed by atoms with van der Waals surface area (Å²) in [6.07, 6.45) is 3.13. The molecule has 1 saturated heterocycles. The summed E-state index contributed by atoms with van der Waals surface area (Å²) in [5.74, 6) is -0.653. The maximum Gasteiger partial charge on any atom is 0.256 e. The van der Waals surface area contributed by atoms with Gasteiger partial charge in [-0.25, -0.2) is 4.39 Å². The van der Waals surface area contributed by atoms with E-state index in [1.54, 1.807) is 4.90 Å². The summed E-state index contributed by atoms with van der Waals surface area (Å²) in [4.78, 5) is 25.7. The van der Waals surface area contributed by atoms with Gasteiger partial charge in [-0.1, -0.05) is 18.5 Å². The molecule has 126 valence electrons. The van der Waals surface area contributed by atoms with Crippen molar-refractivity contribution in [3.8, 4) is 0 Å². The lowest BCUT2D eigenvalue weighted by molar-refractivity contribution is -0.121. The molecule has 0 spiro atoms. The van der Waals surface area contributed by atoms with Crippen LogP contribution in [0.1, 0.15) is 43.0 Å². The standard InChI is InChI=1S/C17H22ClFN2O2/c1-2-4-16(22)20-10-12-5-3-8-21(11-12)17(23)14-9-13(18)6-7-15(14)19/h6-7,9,12H,2-5,8,10-11H2,1H3,(H,20,22)/t12-/m1/s1. The molecule has 1 aromatic carbocycles. The lowest BCUT2D eigenvalue weighted by Crippen LogP contribution is -2.43. The minimum Gasteiger partial charge on any atom is -0.356 e. The Morgan fingerprint density at radius 2 is 2.22 bits per heavy atom. The van der Waals surface area contributed by atoms with Gasteiger partial charge in [-0.3, -0.25) is 9.59 Å². The molecule has 1 aliphatic rings. The average Bonchev–Trinajstić information content (AvgIpc) is 2.55. The quantitative estimate of drug-likeness (QED) is 0.894. The predicted octanol–water partition coefficient (Wildman–Crippen LogP) is 3.25. The molecule has 1 fully saturated rings. The van der Waals surface area contributed by atoms with Gasteiger partial charge in [0.2, 0.25) is 5.91 Å². The molecule has 1 aliphatic heterocycles. The second-order valence-electron chi connectivity index (χ2n) is 5.94. The van der Waals surface area contributed by atoms with Crippen molar-refractivity contribution in [2.75, 3.05) is 19.6 Å². The molecule has 6 heteroatoms. The van der Waals surface area contributed by atoms with E-state index >= 15 is 0 Å². The van der Waals surface area contributed by atoms with Crippen LogP contribution in [0.4, 0.5) is 4.39 Å². The topological polar surface area (TPSA) is 49.4 Å². The predicted molar refractivity (Wildman–Crippen MR) is 88.0 cm³/mol. The van der Waals surface area contributed by atoms with E-state index in [9.17, 15) is 14.0 Å². The fraction of sp³-hybridized carbons (Fsp3) is 0.529. The molecule has 2 rings (SSSR count). The maximum atomic E-state index is 13.8. The number of likely N-dealkylation sites (tertiary alicyclic amines) is 1. The molecular weight excluding hydrogens is 319 g/mol. The number of benzene rings is 1. The van der Waals surface area contributed by atoms with E-state index in [0.29, 0.717) is 31.1 Å². The Labute approximate surface area is 141 Å². The van der Waals surface area contributed by atoms with Gasteiger partial charge in [0.15, 0.2) is 0 Å². The van der Waals surface area contributed by atoms with E-state index in [1.807, 2.05) is 6.92 Å². The van der Waals surface area contributed by atoms with Crippen LogP contribution >= 0.6 is 11.6 Å². The van der Waals surface area contributed by atoms with Crippen molar-refractivity contribution in [2.45, 2.75) is 32.6 Å². The van der Waals surface area contributed by atoms with E-state index in [1.165, 1.54) is 18.2 Å². The van der Waals surface area contributed by atoms with Crippen LogP contribution in [0, 0.1) is 11.7 Å². The fourth-order valence-corrected chi connectivity index (χ4v) is 2.99. The Morgan fingerprint density at radius 1 is 1.43 bits per heavy atom. The van der Waals surface area contributed by atoms with Gasteiger partial charge >= 0.3 is 0 Å². The van der Waals surface area contributed by atoms with Gasteiger partial charge in [-0.05, 0) is 43.4 Å². The van der Waals surface area contributed by atoms with Crippen LogP contribution in [-0.4, -0.2) is 36.3 Å². The molecule has 0 bridgehead atoms. The highest BCUT2D eigenvalue weighted by Gasteiger charge is 2.26. The van der Waals surface area contributed by atoms with Crippen LogP contribution in [0.25, 0.3) is 0 Å². The largest absolute Gasteiger partial charge is 0.356 e. The number of hydrogen-bond donors (Lipinski definition) is 1. The fourth-order valence-electron chi connectivity index (χ4n) is 2.82. The molecule has 0 aromatic heterocycles. The van der Waals surface area contributed by atoms with Crippen molar-refractivity contribution in [3.05, 3.63) is 34.6 Å². The number of piperidine rings is 1. The first-order valence-electron chi connectivity index (χ1n) is 8.02. The van der Waals surface area contributed by atoms with Crippen LogP contribution in [0.3, 0.4) is 0 Å². The van der Waals surface area contributed by atoms with E-state index in [-0.39, 0.29) is 23.3 Å². The molecular formula is C17H22ClFN2O2. The first kappa shape index (κ1) is 17.7. The van der Waals surface area contributed by atoms with Crippen molar-refractivity contribution in [1.82, 2.24) is 10.2 Å². The molecule has 4 nitrogen and oxygen atoms in total. The third kappa shape index (κ3) is 4.93. The first-order valence-corrected chi connectivity index (χ1v) is 8.40. The van der Waals surface area contributed by atoms with Gasteiger partial charge in [-0.2, -0.15) is 0 Å². The van der Waals surface area contributed by atoms with Crippen LogP contribution < -0.4 is 5.32 Å². The number of carbonyl (C=O) groups is 2. The van der Waals surface area contributed by atoms with Crippen molar-refractivity contribution < 1.29 is 14.0 Å². The van der Waals surface area contributed by atoms with Crippen molar-refractivity contribution in [3.63, 3.8) is 0 Å². The molecule has 2 amide bonds. The zero-order chi connectivity index (χ0) is 16.8. The number of halogens is 2. The summed E-state index contributed by atoms with van der Waals surface area (Å²) in [5, 5.41) is 3.24. The summed E-state index contributed by atoms with van der Waals surface area (Å²) in [7, 11) is 0. The van der Waals surface area contributed by atoms with E-state index in [0.717, 1.165) is 19.3 Å². The Morgan fingerprint density at radius 3 is 2.96 bits per heavy atom. The van der Waals surface area contributed by atoms with Crippen LogP contribution in [0.15, 0.2) is 18.2 Å². The number of rotatable bonds is 5. The lowest BCUT2D eigenvalue weighted by Gasteiger charge is -2.33. The number of carbonyl (C=O) groups excluding carboxylic acids is 2. The zero-order valence-electron chi connectivity index (χ0n) is 13.3. The van der Waals surface area contributed by atoms with Crippen LogP contribution in [0.5, 0.6) is 0 Å². The van der Waals surface area contributed by atoms with Gasteiger partial charge in [0.05, 0.1) is 5.56 Å². The summed E-state index contributed by atoms with van der Waals surface area (Å²) in [5.41, 5.74) is 0.00756. The summed E-state index contributed by atoms with van der Waals surface area (Å²) in [6, 6.07) is 4.00. The second kappa shape index (κ2) is 8.29. The Bertz CT molecular complexity index is 580. The Balaban J connectivity index is 1.96. The van der Waals surface area contributed by atoms with E-state index in [4.69, 9.17) is 11.6 Å². The van der Waals surface area contributed by atoms with E-state index in [2.05, 4.69) is 5.32 Å².